The van der Waals surface area contributed by atoms with Gasteiger partial charge in [-0.15, -0.1) is 0 Å². The quantitative estimate of drug-likeness (QED) is 0.562. The Balaban J connectivity index is 2.50. The van der Waals surface area contributed by atoms with Crippen molar-refractivity contribution in [2.45, 2.75) is 25.0 Å². The Morgan fingerprint density at radius 3 is 2.73 bits per heavy atom. The molecule has 76 valence electrons. The molecular weight excluding hydrogens is 177 g/mol. The molecule has 0 bridgehead atoms. The summed E-state index contributed by atoms with van der Waals surface area (Å²) in [6, 6.07) is 8.96. The van der Waals surface area contributed by atoms with E-state index in [1.54, 1.807) is 0 Å². The third-order valence-electron chi connectivity index (χ3n) is 2.60. The van der Waals surface area contributed by atoms with Gasteiger partial charge < -0.3 is 0 Å². The molecule has 1 rings (SSSR count). The Morgan fingerprint density at radius 1 is 1.33 bits per heavy atom. The number of rotatable bonds is 5. The molecule has 0 aliphatic carbocycles. The molecule has 0 heterocycles. The van der Waals surface area contributed by atoms with E-state index < -0.39 is 0 Å². The van der Waals surface area contributed by atoms with E-state index in [4.69, 9.17) is 0 Å². The Kier molecular flexibility index (Phi) is 5.79. The second-order valence-corrected chi connectivity index (χ2v) is 3.87. The van der Waals surface area contributed by atoms with Gasteiger partial charge in [-0.3, -0.25) is 0 Å². The van der Waals surface area contributed by atoms with Crippen LogP contribution in [0.5, 0.6) is 0 Å². The molecule has 1 aromatic rings. The van der Waals surface area contributed by atoms with Crippen LogP contribution in [0.15, 0.2) is 36.4 Å². The predicted octanol–water partition coefficient (Wildman–Crippen LogP) is 2.79. The van der Waals surface area contributed by atoms with Crippen molar-refractivity contribution in [1.29, 1.82) is 0 Å². The zero-order valence-corrected chi connectivity index (χ0v) is 9.96. The molecule has 2 heteroatoms. The van der Waals surface area contributed by atoms with Crippen molar-refractivity contribution in [2.75, 3.05) is 6.54 Å². The van der Waals surface area contributed by atoms with E-state index in [1.807, 2.05) is 0 Å². The topological polar surface area (TPSA) is 12.0 Å². The second kappa shape index (κ2) is 6.90. The summed E-state index contributed by atoms with van der Waals surface area (Å²) in [6.45, 7) is 5.32. The first-order valence-electron chi connectivity index (χ1n) is 5.69. The van der Waals surface area contributed by atoms with Crippen LogP contribution in [-0.4, -0.2) is 24.3 Å². The second-order valence-electron chi connectivity index (χ2n) is 3.87. The molecule has 1 N–H and O–H groups in total. The zero-order chi connectivity index (χ0) is 11.1. The molecule has 0 spiro atoms. The van der Waals surface area contributed by atoms with Gasteiger partial charge in [0, 0.05) is 0 Å². The summed E-state index contributed by atoms with van der Waals surface area (Å²) in [5, 5.41) is 4.60. The number of benzene rings is 1. The molecule has 1 unspecified atom stereocenters. The molecule has 0 fully saturated rings. The number of allylic oxidation sites excluding steroid dienone is 1. The molecule has 0 aliphatic heterocycles. The van der Waals surface area contributed by atoms with Crippen molar-refractivity contribution in [3.8, 4) is 0 Å². The van der Waals surface area contributed by atoms with Crippen LogP contribution in [0, 0.1) is 6.92 Å². The summed E-state index contributed by atoms with van der Waals surface area (Å²) in [5.74, 6) is 0. The maximum atomic E-state index is 3.49. The fourth-order valence-electron chi connectivity index (χ4n) is 1.68. The summed E-state index contributed by atoms with van der Waals surface area (Å²) in [4.78, 5) is 0. The molecule has 15 heavy (non-hydrogen) atoms. The van der Waals surface area contributed by atoms with Crippen LogP contribution in [0.1, 0.15) is 24.1 Å². The van der Waals surface area contributed by atoms with Crippen LogP contribution in [0.4, 0.5) is 0 Å². The van der Waals surface area contributed by atoms with Crippen molar-refractivity contribution in [2.24, 2.45) is 0 Å². The van der Waals surface area contributed by atoms with E-state index in [0.717, 1.165) is 11.6 Å². The van der Waals surface area contributed by atoms with Crippen LogP contribution in [-0.2, 0) is 0 Å². The van der Waals surface area contributed by atoms with Crippen molar-refractivity contribution in [3.05, 3.63) is 47.5 Å². The summed E-state index contributed by atoms with van der Waals surface area (Å²) >= 11 is 2.15. The van der Waals surface area contributed by atoms with E-state index in [0.29, 0.717) is 6.04 Å². The number of nitrogens with one attached hydrogen (secondary N) is 1. The number of hydrogen-bond donors (Lipinski definition) is 1. The third-order valence-corrected chi connectivity index (χ3v) is 2.60. The van der Waals surface area contributed by atoms with Gasteiger partial charge in [0.15, 0.2) is 0 Å². The molecule has 1 atom stereocenters. The molecule has 0 radical (unpaired) electrons. The monoisotopic (exact) mass is 195 g/mol. The summed E-state index contributed by atoms with van der Waals surface area (Å²) in [7, 11) is 0. The maximum absolute atomic E-state index is 3.49. The van der Waals surface area contributed by atoms with Gasteiger partial charge in [0.1, 0.15) is 0 Å². The molecule has 0 amide bonds. The summed E-state index contributed by atoms with van der Waals surface area (Å²) in [6.07, 6.45) is 4.38. The first kappa shape index (κ1) is 12.6. The van der Waals surface area contributed by atoms with Crippen molar-refractivity contribution in [3.63, 3.8) is 0 Å². The summed E-state index contributed by atoms with van der Waals surface area (Å²) in [5.41, 5.74) is 2.75. The van der Waals surface area contributed by atoms with E-state index in [1.165, 1.54) is 11.1 Å². The van der Waals surface area contributed by atoms with Crippen LogP contribution < -0.4 is 5.32 Å². The first-order chi connectivity index (χ1) is 7.25. The average Bonchev–Trinajstić information content (AvgIpc) is 2.25. The Hall–Kier alpha value is -0.483. The fraction of sp³-hybridized carbons (Fsp3) is 0.385. The van der Waals surface area contributed by atoms with E-state index in [9.17, 15) is 0 Å². The fourth-order valence-corrected chi connectivity index (χ4v) is 1.68. The predicted molar refractivity (Wildman–Crippen MR) is 67.3 cm³/mol. The van der Waals surface area contributed by atoms with Crippen molar-refractivity contribution in [1.82, 2.24) is 5.32 Å². The Morgan fingerprint density at radius 2 is 2.07 bits per heavy atom. The van der Waals surface area contributed by atoms with Crippen LogP contribution in [0.2, 0.25) is 5.09 Å². The molecule has 0 aliphatic rings. The zero-order valence-electron chi connectivity index (χ0n) is 9.96. The molecule has 0 saturated carbocycles. The van der Waals surface area contributed by atoms with E-state index >= 15 is 0 Å². The molecule has 0 saturated heterocycles. The number of hydrogen-bond acceptors (Lipinski definition) is 1. The molecule has 0 aromatic heterocycles. The standard InChI is InChI=1S/C13H18N.Li/c1-4-5-10-14-12(3)13-9-7-6-8-11(13)2;/h4-9,12,14H,1,10H2,2-3H3;. The van der Waals surface area contributed by atoms with Gasteiger partial charge in [-0.2, -0.15) is 0 Å². The van der Waals surface area contributed by atoms with Crippen LogP contribution in [0.3, 0.4) is 0 Å². The molecule has 1 nitrogen and oxygen atoms in total. The third kappa shape index (κ3) is 4.26. The van der Waals surface area contributed by atoms with Gasteiger partial charge in [-0.1, -0.05) is 0 Å². The minimum atomic E-state index is 0.424. The summed E-state index contributed by atoms with van der Waals surface area (Å²) < 4.78 is 0. The van der Waals surface area contributed by atoms with Gasteiger partial charge in [0.2, 0.25) is 0 Å². The van der Waals surface area contributed by atoms with Gasteiger partial charge in [-0.25, -0.2) is 0 Å². The average molecular weight is 195 g/mol. The van der Waals surface area contributed by atoms with Gasteiger partial charge in [0.05, 0.1) is 0 Å². The normalized spacial score (nSPS) is 13.3. The van der Waals surface area contributed by atoms with Crippen molar-refractivity contribution >= 4 is 17.7 Å². The van der Waals surface area contributed by atoms with E-state index in [2.05, 4.69) is 73.3 Å². The Bertz CT molecular complexity index is 320. The SMILES string of the molecule is [Li][CH2]C=CCNC(C)c1ccccc1C. The Labute approximate surface area is 102 Å². The van der Waals surface area contributed by atoms with E-state index in [-0.39, 0.29) is 0 Å². The molecule has 1 aromatic carbocycles. The minimum absolute atomic E-state index is 0.424. The molecular formula is C13H18LiN. The van der Waals surface area contributed by atoms with Gasteiger partial charge in [0.25, 0.3) is 0 Å². The van der Waals surface area contributed by atoms with Crippen LogP contribution in [0.25, 0.3) is 0 Å². The van der Waals surface area contributed by atoms with Crippen LogP contribution >= 0.6 is 0 Å². The number of aryl methyl sites for hydroxylation is 1. The first-order valence-corrected chi connectivity index (χ1v) is 5.69. The van der Waals surface area contributed by atoms with Gasteiger partial charge in [-0.05, 0) is 0 Å². The van der Waals surface area contributed by atoms with Gasteiger partial charge >= 0.3 is 102 Å². The van der Waals surface area contributed by atoms with Crippen molar-refractivity contribution < 1.29 is 0 Å².